The third-order valence-corrected chi connectivity index (χ3v) is 10.5. The predicted molar refractivity (Wildman–Crippen MR) is 179 cm³/mol. The number of para-hydroxylation sites is 1. The van der Waals surface area contributed by atoms with Crippen LogP contribution in [0.4, 0.5) is 16.2 Å². The summed E-state index contributed by atoms with van der Waals surface area (Å²) in [5, 5.41) is 15.9. The number of amides is 4. The topological polar surface area (TPSA) is 128 Å². The lowest BCUT2D eigenvalue weighted by atomic mass is 9.98. The predicted octanol–water partition coefficient (Wildman–Crippen LogP) is 6.09. The van der Waals surface area contributed by atoms with E-state index in [-0.39, 0.29) is 29.5 Å². The number of anilines is 2. The quantitative estimate of drug-likeness (QED) is 0.224. The molecule has 47 heavy (non-hydrogen) atoms. The zero-order chi connectivity index (χ0) is 32.7. The number of hydrogen-bond donors (Lipinski definition) is 2. The van der Waals surface area contributed by atoms with Crippen LogP contribution in [0.1, 0.15) is 55.3 Å². The monoisotopic (exact) mass is 648 g/mol. The molecule has 4 aliphatic rings. The molecule has 10 nitrogen and oxygen atoms in total. The first-order chi connectivity index (χ1) is 22.8. The average Bonchev–Trinajstić information content (AvgIpc) is 3.83. The van der Waals surface area contributed by atoms with Crippen LogP contribution in [0.15, 0.2) is 71.4 Å². The molecule has 4 amide bonds. The van der Waals surface area contributed by atoms with Gasteiger partial charge in [-0.2, -0.15) is 5.26 Å². The van der Waals surface area contributed by atoms with Gasteiger partial charge in [0.15, 0.2) is 0 Å². The number of nitriles is 1. The summed E-state index contributed by atoms with van der Waals surface area (Å²) in [6.45, 7) is 4.93. The van der Waals surface area contributed by atoms with Crippen LogP contribution in [0.25, 0.3) is 0 Å². The maximum absolute atomic E-state index is 13.8. The van der Waals surface area contributed by atoms with E-state index in [9.17, 15) is 19.6 Å². The minimum absolute atomic E-state index is 0.188. The molecule has 7 rings (SSSR count). The van der Waals surface area contributed by atoms with Crippen molar-refractivity contribution in [1.29, 1.82) is 5.26 Å². The smallest absolute Gasteiger partial charge is 0.327 e. The molecule has 11 heteroatoms. The second kappa shape index (κ2) is 12.8. The Bertz CT molecular complexity index is 1830. The van der Waals surface area contributed by atoms with Crippen molar-refractivity contribution in [3.05, 3.63) is 83.1 Å². The normalized spacial score (nSPS) is 21.9. The molecule has 3 aliphatic heterocycles. The molecule has 0 radical (unpaired) electrons. The Labute approximate surface area is 278 Å². The molecule has 3 atom stereocenters. The number of ether oxygens (including phenoxy) is 1. The highest BCUT2D eigenvalue weighted by molar-refractivity contribution is 8.01. The average molecular weight is 649 g/mol. The lowest BCUT2D eigenvalue weighted by Gasteiger charge is -2.36. The van der Waals surface area contributed by atoms with E-state index in [2.05, 4.69) is 28.6 Å². The van der Waals surface area contributed by atoms with Gasteiger partial charge in [-0.15, -0.1) is 0 Å². The van der Waals surface area contributed by atoms with Gasteiger partial charge in [-0.1, -0.05) is 43.0 Å². The molecule has 0 bridgehead atoms. The van der Waals surface area contributed by atoms with Crippen LogP contribution in [0.2, 0.25) is 0 Å². The van der Waals surface area contributed by atoms with Crippen molar-refractivity contribution in [2.24, 2.45) is 5.92 Å². The molecule has 240 valence electrons. The second-order valence-corrected chi connectivity index (χ2v) is 13.6. The van der Waals surface area contributed by atoms with Crippen molar-refractivity contribution in [1.82, 2.24) is 20.5 Å². The Morgan fingerprint density at radius 1 is 1.17 bits per heavy atom. The Morgan fingerprint density at radius 3 is 2.77 bits per heavy atom. The second-order valence-electron chi connectivity index (χ2n) is 12.5. The molecule has 2 fully saturated rings. The van der Waals surface area contributed by atoms with Gasteiger partial charge < -0.3 is 20.3 Å². The highest BCUT2D eigenvalue weighted by atomic mass is 32.2. The molecule has 2 aromatic carbocycles. The van der Waals surface area contributed by atoms with Crippen LogP contribution in [-0.2, 0) is 16.0 Å². The number of nitrogens with zero attached hydrogens (tertiary/aromatic N) is 4. The van der Waals surface area contributed by atoms with Crippen molar-refractivity contribution in [2.75, 3.05) is 18.0 Å². The van der Waals surface area contributed by atoms with Crippen LogP contribution in [0, 0.1) is 24.2 Å². The fourth-order valence-corrected chi connectivity index (χ4v) is 7.85. The highest BCUT2D eigenvalue weighted by Crippen LogP contribution is 2.51. The summed E-state index contributed by atoms with van der Waals surface area (Å²) in [5.74, 6) is 1.33. The minimum Gasteiger partial charge on any atom is -0.457 e. The van der Waals surface area contributed by atoms with Gasteiger partial charge in [0.1, 0.15) is 33.4 Å². The summed E-state index contributed by atoms with van der Waals surface area (Å²) in [4.78, 5) is 48.4. The number of likely N-dealkylation sites (tertiary alicyclic amines) is 1. The third-order valence-electron chi connectivity index (χ3n) is 9.18. The van der Waals surface area contributed by atoms with E-state index in [4.69, 9.17) is 4.74 Å². The van der Waals surface area contributed by atoms with Crippen molar-refractivity contribution in [3.63, 3.8) is 0 Å². The number of aryl methyl sites for hydroxylation is 2. The minimum atomic E-state index is -0.615. The molecule has 0 spiro atoms. The summed E-state index contributed by atoms with van der Waals surface area (Å²) in [6.07, 6.45) is 7.79. The summed E-state index contributed by atoms with van der Waals surface area (Å²) >= 11 is 1.34. The van der Waals surface area contributed by atoms with Gasteiger partial charge >= 0.3 is 6.03 Å². The van der Waals surface area contributed by atoms with Crippen molar-refractivity contribution >= 4 is 41.0 Å². The first-order valence-electron chi connectivity index (χ1n) is 16.2. The number of benzene rings is 2. The van der Waals surface area contributed by atoms with Gasteiger partial charge in [0.25, 0.3) is 5.91 Å². The number of carbonyl (C=O) groups is 3. The Balaban J connectivity index is 1.07. The maximum Gasteiger partial charge on any atom is 0.327 e. The number of aromatic nitrogens is 1. The third kappa shape index (κ3) is 6.05. The van der Waals surface area contributed by atoms with Gasteiger partial charge in [0.05, 0.1) is 17.4 Å². The van der Waals surface area contributed by atoms with E-state index < -0.39 is 11.3 Å². The number of allylic oxidation sites excluding steroid dienone is 1. The van der Waals surface area contributed by atoms with E-state index in [0.29, 0.717) is 41.2 Å². The van der Waals surface area contributed by atoms with Crippen molar-refractivity contribution < 1.29 is 19.1 Å². The van der Waals surface area contributed by atoms with Gasteiger partial charge in [-0.25, -0.2) is 9.78 Å². The van der Waals surface area contributed by atoms with Crippen LogP contribution in [0.3, 0.4) is 0 Å². The number of nitrogens with one attached hydrogen (secondary N) is 2. The fraction of sp³-hybridized carbons (Fsp3) is 0.361. The van der Waals surface area contributed by atoms with Gasteiger partial charge in [-0.05, 0) is 86.4 Å². The first kappa shape index (κ1) is 30.8. The van der Waals surface area contributed by atoms with Crippen LogP contribution >= 0.6 is 11.8 Å². The summed E-state index contributed by atoms with van der Waals surface area (Å²) in [7, 11) is 0. The van der Waals surface area contributed by atoms with Crippen molar-refractivity contribution in [3.8, 4) is 17.6 Å². The first-order valence-corrected chi connectivity index (χ1v) is 17.1. The summed E-state index contributed by atoms with van der Waals surface area (Å²) < 4.78 is 6.21. The maximum atomic E-state index is 13.8. The number of hydrogen-bond acceptors (Lipinski definition) is 7. The lowest BCUT2D eigenvalue weighted by molar-refractivity contribution is -0.129. The van der Waals surface area contributed by atoms with Crippen LogP contribution in [-0.4, -0.2) is 52.1 Å². The van der Waals surface area contributed by atoms with Crippen molar-refractivity contribution in [2.45, 2.75) is 68.3 Å². The number of pyridine rings is 1. The number of piperidine rings is 1. The van der Waals surface area contributed by atoms with E-state index in [1.54, 1.807) is 22.1 Å². The molecule has 3 aromatic rings. The number of urea groups is 1. The van der Waals surface area contributed by atoms with Gasteiger partial charge in [-0.3, -0.25) is 14.5 Å². The fourth-order valence-electron chi connectivity index (χ4n) is 6.62. The number of carbonyl (C=O) groups excluding carboxylic acids is 3. The number of rotatable bonds is 8. The zero-order valence-electron chi connectivity index (χ0n) is 26.4. The molecular weight excluding hydrogens is 613 g/mol. The van der Waals surface area contributed by atoms with E-state index in [1.807, 2.05) is 55.5 Å². The van der Waals surface area contributed by atoms with Gasteiger partial charge in [0, 0.05) is 30.9 Å². The molecule has 1 saturated carbocycles. The van der Waals surface area contributed by atoms with Crippen LogP contribution < -0.4 is 20.3 Å². The molecule has 2 unspecified atom stereocenters. The molecule has 2 N–H and O–H groups in total. The highest BCUT2D eigenvalue weighted by Gasteiger charge is 2.47. The largest absolute Gasteiger partial charge is 0.457 e. The van der Waals surface area contributed by atoms with E-state index >= 15 is 0 Å². The number of thioether (sulfide) groups is 1. The molecule has 1 aromatic heterocycles. The van der Waals surface area contributed by atoms with Gasteiger partial charge in [0.2, 0.25) is 5.91 Å². The van der Waals surface area contributed by atoms with Crippen LogP contribution in [0.5, 0.6) is 11.5 Å². The molecular formula is C36H36N6O4S. The Morgan fingerprint density at radius 2 is 2.00 bits per heavy atom. The SMILES string of the molecule is CCc1ccccc1Oc1ccc(N2C(=O)NC3c4c2ccnc4S[C@H]3C(=O)NC2CCCN(C(=O)/C(C#N)=C/C3CC3)C2)c(C)c1. The van der Waals surface area contributed by atoms with E-state index in [0.717, 1.165) is 54.5 Å². The Hall–Kier alpha value is -4.82. The standard InChI is InChI=1S/C36H36N6O4S/c1-3-23-7-4-5-9-29(23)46-26-12-13-27(21(2)17-26)42-28-14-15-38-34-30(28)31(40-36(42)45)32(47-34)33(43)39-25-8-6-16-41(20-25)35(44)24(19-37)18-22-10-11-22/h4-5,7,9,12-15,17-18,22,25,31-32H,3,6,8,10-11,16,20H2,1-2H3,(H,39,43)(H,40,45)/b24-18+/t25?,31?,32-/m1/s1. The molecule has 4 heterocycles. The summed E-state index contributed by atoms with van der Waals surface area (Å²) in [5.41, 5.74) is 4.39. The zero-order valence-corrected chi connectivity index (χ0v) is 27.2. The lowest BCUT2D eigenvalue weighted by Crippen LogP contribution is -2.54. The molecule has 1 aliphatic carbocycles. The Kier molecular flexibility index (Phi) is 8.37. The summed E-state index contributed by atoms with van der Waals surface area (Å²) in [6, 6.07) is 16.4. The van der Waals surface area contributed by atoms with E-state index in [1.165, 1.54) is 11.8 Å². The molecule has 1 saturated heterocycles.